The molecule has 1 aliphatic heterocycles. The number of carbonyl (C=O) groups is 2. The number of fused-ring (bicyclic) bond motifs is 1. The van der Waals surface area contributed by atoms with Crippen molar-refractivity contribution in [3.63, 3.8) is 0 Å². The number of benzene rings is 2. The van der Waals surface area contributed by atoms with Crippen molar-refractivity contribution in [3.05, 3.63) is 63.7 Å². The van der Waals surface area contributed by atoms with Crippen LogP contribution >= 0.6 is 0 Å². The zero-order valence-corrected chi connectivity index (χ0v) is 16.0. The number of amides is 1. The van der Waals surface area contributed by atoms with Crippen LogP contribution in [0.5, 0.6) is 5.75 Å². The fourth-order valence-corrected chi connectivity index (χ4v) is 3.09. The fraction of sp³-hybridized carbons (Fsp3) is 0.300. The maximum atomic E-state index is 12.6. The Hall–Kier alpha value is -3.62. The summed E-state index contributed by atoms with van der Waals surface area (Å²) >= 11 is 0. The van der Waals surface area contributed by atoms with Crippen molar-refractivity contribution in [1.82, 2.24) is 5.32 Å². The topological polar surface area (TPSA) is 120 Å². The van der Waals surface area contributed by atoms with Gasteiger partial charge in [-0.3, -0.25) is 14.9 Å². The number of nitrogens with one attached hydrogen (secondary N) is 2. The highest BCUT2D eigenvalue weighted by molar-refractivity contribution is 5.98. The minimum Gasteiger partial charge on any atom is -0.493 e. The van der Waals surface area contributed by atoms with Crippen LogP contribution in [0.1, 0.15) is 35.3 Å². The molecule has 0 aliphatic carbocycles. The molecular weight excluding hydrogens is 378 g/mol. The Morgan fingerprint density at radius 2 is 2.03 bits per heavy atom. The zero-order valence-electron chi connectivity index (χ0n) is 16.0. The third-order valence-electron chi connectivity index (χ3n) is 4.63. The van der Waals surface area contributed by atoms with Crippen LogP contribution < -0.4 is 15.4 Å². The second-order valence-electron chi connectivity index (χ2n) is 6.52. The molecule has 3 rings (SSSR count). The van der Waals surface area contributed by atoms with Crippen molar-refractivity contribution in [2.75, 3.05) is 19.0 Å². The summed E-state index contributed by atoms with van der Waals surface area (Å²) in [6.45, 7) is 1.92. The number of rotatable bonds is 6. The number of esters is 1. The number of non-ortho nitro benzene ring substituents is 1. The molecule has 2 atom stereocenters. The number of hydrogen-bond donors (Lipinski definition) is 2. The van der Waals surface area contributed by atoms with E-state index in [2.05, 4.69) is 10.6 Å². The molecule has 0 radical (unpaired) electrons. The van der Waals surface area contributed by atoms with Crippen LogP contribution in [0.4, 0.5) is 11.4 Å². The summed E-state index contributed by atoms with van der Waals surface area (Å²) in [6.07, 6.45) is -0.487. The van der Waals surface area contributed by atoms with Crippen molar-refractivity contribution in [1.29, 1.82) is 0 Å². The Morgan fingerprint density at radius 1 is 1.28 bits per heavy atom. The lowest BCUT2D eigenvalue weighted by molar-refractivity contribution is -0.384. The van der Waals surface area contributed by atoms with Crippen LogP contribution in [0.3, 0.4) is 0 Å². The second kappa shape index (κ2) is 8.59. The molecule has 1 aliphatic rings. The molecule has 0 bridgehead atoms. The Labute approximate surface area is 167 Å². The van der Waals surface area contributed by atoms with Gasteiger partial charge in [0.15, 0.2) is 6.10 Å². The smallest absolute Gasteiger partial charge is 0.341 e. The van der Waals surface area contributed by atoms with E-state index in [1.54, 1.807) is 7.05 Å². The van der Waals surface area contributed by atoms with E-state index in [0.717, 1.165) is 11.6 Å². The van der Waals surface area contributed by atoms with Gasteiger partial charge in [-0.05, 0) is 19.1 Å². The number of ether oxygens (including phenoxy) is 2. The van der Waals surface area contributed by atoms with E-state index in [0.29, 0.717) is 24.5 Å². The van der Waals surface area contributed by atoms with Gasteiger partial charge in [0.05, 0.1) is 23.1 Å². The molecule has 2 unspecified atom stereocenters. The lowest BCUT2D eigenvalue weighted by Crippen LogP contribution is -2.39. The lowest BCUT2D eigenvalue weighted by atomic mass is 10.0. The largest absolute Gasteiger partial charge is 0.493 e. The van der Waals surface area contributed by atoms with Gasteiger partial charge in [-0.1, -0.05) is 18.2 Å². The molecule has 2 N–H and O–H groups in total. The van der Waals surface area contributed by atoms with E-state index in [-0.39, 0.29) is 17.3 Å². The highest BCUT2D eigenvalue weighted by atomic mass is 16.6. The third-order valence-corrected chi connectivity index (χ3v) is 4.63. The van der Waals surface area contributed by atoms with Crippen molar-refractivity contribution < 1.29 is 24.0 Å². The first-order valence-corrected chi connectivity index (χ1v) is 9.10. The van der Waals surface area contributed by atoms with Crippen molar-refractivity contribution >= 4 is 23.3 Å². The SMILES string of the molecule is CNc1ccc([N+](=O)[O-])cc1C(=O)OC(C)C(=O)NC1CCOc2ccccc21. The van der Waals surface area contributed by atoms with Crippen LogP contribution in [0.25, 0.3) is 0 Å². The van der Waals surface area contributed by atoms with Crippen LogP contribution in [-0.2, 0) is 9.53 Å². The van der Waals surface area contributed by atoms with Crippen LogP contribution in [-0.4, -0.2) is 36.6 Å². The molecular formula is C20H21N3O6. The maximum absolute atomic E-state index is 12.6. The molecule has 152 valence electrons. The molecule has 0 fully saturated rings. The first-order chi connectivity index (χ1) is 13.9. The summed E-state index contributed by atoms with van der Waals surface area (Å²) < 4.78 is 10.8. The maximum Gasteiger partial charge on any atom is 0.341 e. The number of nitro benzene ring substituents is 1. The average Bonchev–Trinajstić information content (AvgIpc) is 2.73. The monoisotopic (exact) mass is 399 g/mol. The molecule has 9 nitrogen and oxygen atoms in total. The summed E-state index contributed by atoms with van der Waals surface area (Å²) in [5.41, 5.74) is 0.970. The van der Waals surface area contributed by atoms with Gasteiger partial charge in [-0.15, -0.1) is 0 Å². The summed E-state index contributed by atoms with van der Waals surface area (Å²) in [5, 5.41) is 16.6. The quantitative estimate of drug-likeness (QED) is 0.435. The summed E-state index contributed by atoms with van der Waals surface area (Å²) in [7, 11) is 1.58. The van der Waals surface area contributed by atoms with Gasteiger partial charge >= 0.3 is 5.97 Å². The van der Waals surface area contributed by atoms with E-state index in [1.165, 1.54) is 19.1 Å². The van der Waals surface area contributed by atoms with Crippen LogP contribution in [0.2, 0.25) is 0 Å². The minimum absolute atomic E-state index is 0.0160. The predicted octanol–water partition coefficient (Wildman–Crippen LogP) is 2.82. The summed E-state index contributed by atoms with van der Waals surface area (Å²) in [4.78, 5) is 35.5. The Morgan fingerprint density at radius 3 is 2.76 bits per heavy atom. The van der Waals surface area contributed by atoms with Gasteiger partial charge in [0, 0.05) is 36.9 Å². The van der Waals surface area contributed by atoms with E-state index >= 15 is 0 Å². The van der Waals surface area contributed by atoms with Gasteiger partial charge in [0.2, 0.25) is 0 Å². The Balaban J connectivity index is 1.70. The van der Waals surface area contributed by atoms with Crippen LogP contribution in [0, 0.1) is 10.1 Å². The van der Waals surface area contributed by atoms with E-state index in [9.17, 15) is 19.7 Å². The van der Waals surface area contributed by atoms with E-state index in [1.807, 2.05) is 24.3 Å². The molecule has 29 heavy (non-hydrogen) atoms. The van der Waals surface area contributed by atoms with Gasteiger partial charge in [0.1, 0.15) is 5.75 Å². The summed E-state index contributed by atoms with van der Waals surface area (Å²) in [5.74, 6) is -0.575. The normalized spacial score (nSPS) is 16.0. The predicted molar refractivity (Wildman–Crippen MR) is 105 cm³/mol. The first kappa shape index (κ1) is 20.1. The van der Waals surface area contributed by atoms with Gasteiger partial charge in [-0.2, -0.15) is 0 Å². The minimum atomic E-state index is -1.08. The molecule has 0 spiro atoms. The van der Waals surface area contributed by atoms with E-state index in [4.69, 9.17) is 9.47 Å². The molecule has 0 saturated carbocycles. The van der Waals surface area contributed by atoms with Crippen LogP contribution in [0.15, 0.2) is 42.5 Å². The number of nitro groups is 1. The Bertz CT molecular complexity index is 946. The fourth-order valence-electron chi connectivity index (χ4n) is 3.09. The molecule has 9 heteroatoms. The number of anilines is 1. The van der Waals surface area contributed by atoms with Crippen molar-refractivity contribution in [2.24, 2.45) is 0 Å². The summed E-state index contributed by atoms with van der Waals surface area (Å²) in [6, 6.07) is 11.0. The highest BCUT2D eigenvalue weighted by Crippen LogP contribution is 2.31. The average molecular weight is 399 g/mol. The van der Waals surface area contributed by atoms with Gasteiger partial charge in [-0.25, -0.2) is 4.79 Å². The van der Waals surface area contributed by atoms with E-state index < -0.39 is 22.9 Å². The molecule has 1 amide bonds. The number of hydrogen-bond acceptors (Lipinski definition) is 7. The van der Waals surface area contributed by atoms with Gasteiger partial charge < -0.3 is 20.1 Å². The molecule has 0 saturated heterocycles. The molecule has 2 aromatic rings. The number of nitrogens with zero attached hydrogens (tertiary/aromatic N) is 1. The zero-order chi connectivity index (χ0) is 21.0. The molecule has 1 heterocycles. The molecule has 0 aromatic heterocycles. The first-order valence-electron chi connectivity index (χ1n) is 9.10. The number of para-hydroxylation sites is 1. The van der Waals surface area contributed by atoms with Crippen molar-refractivity contribution in [3.8, 4) is 5.75 Å². The second-order valence-corrected chi connectivity index (χ2v) is 6.52. The number of carbonyl (C=O) groups excluding carboxylic acids is 2. The lowest BCUT2D eigenvalue weighted by Gasteiger charge is -2.27. The molecule has 2 aromatic carbocycles. The highest BCUT2D eigenvalue weighted by Gasteiger charge is 2.27. The van der Waals surface area contributed by atoms with Gasteiger partial charge in [0.25, 0.3) is 11.6 Å². The van der Waals surface area contributed by atoms with Crippen molar-refractivity contribution in [2.45, 2.75) is 25.5 Å². The Kier molecular flexibility index (Phi) is 5.96. The standard InChI is InChI=1S/C20H21N3O6/c1-12(19(24)22-17-9-10-28-18-6-4-3-5-14(17)18)29-20(25)15-11-13(23(26)27)7-8-16(15)21-2/h3-8,11-12,17,21H,9-10H2,1-2H3,(H,22,24). The third kappa shape index (κ3) is 4.45.